The Bertz CT molecular complexity index is 615. The van der Waals surface area contributed by atoms with Gasteiger partial charge < -0.3 is 9.84 Å². The van der Waals surface area contributed by atoms with Crippen LogP contribution >= 0.6 is 11.8 Å². The third-order valence-corrected chi connectivity index (χ3v) is 4.55. The van der Waals surface area contributed by atoms with Gasteiger partial charge in [-0.3, -0.25) is 4.90 Å². The van der Waals surface area contributed by atoms with Gasteiger partial charge in [-0.1, -0.05) is 11.8 Å². The first-order valence-corrected chi connectivity index (χ1v) is 8.64. The molecule has 1 saturated heterocycles. The SMILES string of the molecule is CSc1nc(O)c2c(n1)[C@@H]1C[C@H](C2)CN1C(=O)OC(C)(C)C. The zero-order valence-corrected chi connectivity index (χ0v) is 14.1. The number of fused-ring (bicyclic) bond motifs is 4. The van der Waals surface area contributed by atoms with Crippen molar-refractivity contribution in [2.45, 2.75) is 50.4 Å². The first kappa shape index (κ1) is 15.4. The second-order valence-electron chi connectivity index (χ2n) is 6.85. The van der Waals surface area contributed by atoms with E-state index in [0.29, 0.717) is 24.0 Å². The number of likely N-dealkylation sites (tertiary alicyclic amines) is 1. The molecule has 1 aliphatic carbocycles. The summed E-state index contributed by atoms with van der Waals surface area (Å²) in [5, 5.41) is 10.7. The van der Waals surface area contributed by atoms with E-state index >= 15 is 0 Å². The maximum atomic E-state index is 12.4. The highest BCUT2D eigenvalue weighted by atomic mass is 32.2. The van der Waals surface area contributed by atoms with E-state index in [0.717, 1.165) is 17.7 Å². The van der Waals surface area contributed by atoms with Crippen molar-refractivity contribution in [2.24, 2.45) is 5.92 Å². The highest BCUT2D eigenvalue weighted by molar-refractivity contribution is 7.98. The number of hydrogen-bond acceptors (Lipinski definition) is 6. The molecule has 3 rings (SSSR count). The molecule has 7 heteroatoms. The third kappa shape index (κ3) is 2.74. The molecule has 2 bridgehead atoms. The molecule has 0 spiro atoms. The molecule has 0 saturated carbocycles. The van der Waals surface area contributed by atoms with Crippen molar-refractivity contribution in [3.63, 3.8) is 0 Å². The van der Waals surface area contributed by atoms with Crippen molar-refractivity contribution in [3.8, 4) is 5.88 Å². The van der Waals surface area contributed by atoms with Crippen molar-refractivity contribution in [3.05, 3.63) is 11.3 Å². The molecule has 0 unspecified atom stereocenters. The molecule has 1 aliphatic heterocycles. The molecular formula is C15H21N3O3S. The summed E-state index contributed by atoms with van der Waals surface area (Å²) in [4.78, 5) is 22.8. The van der Waals surface area contributed by atoms with Gasteiger partial charge in [0, 0.05) is 12.1 Å². The van der Waals surface area contributed by atoms with Crippen LogP contribution in [0.1, 0.15) is 44.5 Å². The fraction of sp³-hybridized carbons (Fsp3) is 0.667. The summed E-state index contributed by atoms with van der Waals surface area (Å²) in [7, 11) is 0. The van der Waals surface area contributed by atoms with Crippen LogP contribution in [-0.2, 0) is 11.2 Å². The molecule has 6 nitrogen and oxygen atoms in total. The highest BCUT2D eigenvalue weighted by Gasteiger charge is 2.44. The van der Waals surface area contributed by atoms with Crippen molar-refractivity contribution in [1.29, 1.82) is 0 Å². The Morgan fingerprint density at radius 3 is 2.77 bits per heavy atom. The van der Waals surface area contributed by atoms with Gasteiger partial charge in [0.05, 0.1) is 11.7 Å². The number of thioether (sulfide) groups is 1. The molecule has 120 valence electrons. The predicted molar refractivity (Wildman–Crippen MR) is 83.0 cm³/mol. The molecule has 22 heavy (non-hydrogen) atoms. The number of carbonyl (C=O) groups excluding carboxylic acids is 1. The van der Waals surface area contributed by atoms with E-state index in [2.05, 4.69) is 9.97 Å². The summed E-state index contributed by atoms with van der Waals surface area (Å²) in [5.74, 6) is 0.384. The van der Waals surface area contributed by atoms with Gasteiger partial charge in [-0.25, -0.2) is 9.78 Å². The van der Waals surface area contributed by atoms with Gasteiger partial charge in [0.25, 0.3) is 0 Å². The van der Waals surface area contributed by atoms with E-state index in [-0.39, 0.29) is 18.0 Å². The van der Waals surface area contributed by atoms with Gasteiger partial charge in [0.15, 0.2) is 5.16 Å². The van der Waals surface area contributed by atoms with E-state index in [9.17, 15) is 9.90 Å². The summed E-state index contributed by atoms with van der Waals surface area (Å²) in [6.45, 7) is 6.23. The van der Waals surface area contributed by atoms with Crippen LogP contribution in [0.25, 0.3) is 0 Å². The zero-order valence-electron chi connectivity index (χ0n) is 13.3. The number of ether oxygens (including phenoxy) is 1. The van der Waals surface area contributed by atoms with Crippen LogP contribution in [0.2, 0.25) is 0 Å². The number of amides is 1. The molecule has 2 atom stereocenters. The van der Waals surface area contributed by atoms with Gasteiger partial charge >= 0.3 is 6.09 Å². The molecule has 1 fully saturated rings. The Labute approximate surface area is 134 Å². The largest absolute Gasteiger partial charge is 0.493 e. The minimum absolute atomic E-state index is 0.0510. The number of hydrogen-bond donors (Lipinski definition) is 1. The standard InChI is InChI=1S/C15H21N3O3S/c1-15(2,3)21-14(20)18-7-8-5-9-11(10(18)6-8)16-13(22-4)17-12(9)19/h8,10H,5-7H2,1-4H3,(H,16,17,19)/t8-,10-/m0/s1. The zero-order chi connectivity index (χ0) is 16.1. The van der Waals surface area contributed by atoms with Gasteiger partial charge in [0.2, 0.25) is 5.88 Å². The topological polar surface area (TPSA) is 75.6 Å². The molecule has 0 aromatic carbocycles. The van der Waals surface area contributed by atoms with Gasteiger partial charge in [0.1, 0.15) is 5.60 Å². The molecule has 1 N–H and O–H groups in total. The molecule has 1 aromatic rings. The average Bonchev–Trinajstić information content (AvgIpc) is 2.76. The van der Waals surface area contributed by atoms with Crippen molar-refractivity contribution in [1.82, 2.24) is 14.9 Å². The average molecular weight is 323 g/mol. The highest BCUT2D eigenvalue weighted by Crippen LogP contribution is 2.45. The lowest BCUT2D eigenvalue weighted by atomic mass is 9.88. The number of nitrogens with zero attached hydrogens (tertiary/aromatic N) is 3. The number of aromatic nitrogens is 2. The Morgan fingerprint density at radius 1 is 1.41 bits per heavy atom. The summed E-state index contributed by atoms with van der Waals surface area (Å²) in [6, 6.07) is -0.122. The van der Waals surface area contributed by atoms with E-state index in [4.69, 9.17) is 4.74 Å². The monoisotopic (exact) mass is 323 g/mol. The van der Waals surface area contributed by atoms with E-state index in [1.54, 1.807) is 4.90 Å². The predicted octanol–water partition coefficient (Wildman–Crippen LogP) is 2.76. The van der Waals surface area contributed by atoms with Crippen LogP contribution in [0.3, 0.4) is 0 Å². The van der Waals surface area contributed by atoms with Crippen molar-refractivity contribution < 1.29 is 14.6 Å². The Hall–Kier alpha value is -1.50. The van der Waals surface area contributed by atoms with E-state index < -0.39 is 5.60 Å². The molecule has 2 aliphatic rings. The maximum absolute atomic E-state index is 12.4. The van der Waals surface area contributed by atoms with Crippen LogP contribution < -0.4 is 0 Å². The lowest BCUT2D eigenvalue weighted by molar-refractivity contribution is 0.0219. The smallest absolute Gasteiger partial charge is 0.410 e. The fourth-order valence-corrected chi connectivity index (χ4v) is 3.54. The summed E-state index contributed by atoms with van der Waals surface area (Å²) >= 11 is 1.38. The van der Waals surface area contributed by atoms with Gasteiger partial charge in [-0.2, -0.15) is 4.98 Å². The summed E-state index contributed by atoms with van der Waals surface area (Å²) in [5.41, 5.74) is 1.04. The molecule has 1 aromatic heterocycles. The first-order chi connectivity index (χ1) is 10.3. The molecular weight excluding hydrogens is 302 g/mol. The van der Waals surface area contributed by atoms with Crippen LogP contribution in [0.5, 0.6) is 5.88 Å². The fourth-order valence-electron chi connectivity index (χ4n) is 3.17. The lowest BCUT2D eigenvalue weighted by Crippen LogP contribution is -2.36. The Kier molecular flexibility index (Phi) is 3.71. The van der Waals surface area contributed by atoms with Crippen LogP contribution in [0.4, 0.5) is 4.79 Å². The minimum Gasteiger partial charge on any atom is -0.493 e. The second-order valence-corrected chi connectivity index (χ2v) is 7.63. The minimum atomic E-state index is -0.519. The second kappa shape index (κ2) is 5.30. The molecule has 0 radical (unpaired) electrons. The number of rotatable bonds is 1. The van der Waals surface area contributed by atoms with Gasteiger partial charge in [-0.05, 0) is 45.8 Å². The van der Waals surface area contributed by atoms with Crippen molar-refractivity contribution >= 4 is 17.9 Å². The maximum Gasteiger partial charge on any atom is 0.410 e. The quantitative estimate of drug-likeness (QED) is 0.632. The number of aromatic hydroxyl groups is 1. The summed E-state index contributed by atoms with van der Waals surface area (Å²) in [6.07, 6.45) is 3.14. The lowest BCUT2D eigenvalue weighted by Gasteiger charge is -2.29. The van der Waals surface area contributed by atoms with E-state index in [1.165, 1.54) is 11.8 Å². The van der Waals surface area contributed by atoms with E-state index in [1.807, 2.05) is 27.0 Å². The summed E-state index contributed by atoms with van der Waals surface area (Å²) < 4.78 is 5.51. The van der Waals surface area contributed by atoms with Crippen molar-refractivity contribution in [2.75, 3.05) is 12.8 Å². The van der Waals surface area contributed by atoms with Crippen LogP contribution in [0.15, 0.2) is 5.16 Å². The Morgan fingerprint density at radius 2 is 2.14 bits per heavy atom. The normalized spacial score (nSPS) is 23.4. The molecule has 1 amide bonds. The van der Waals surface area contributed by atoms with Gasteiger partial charge in [-0.15, -0.1) is 0 Å². The van der Waals surface area contributed by atoms with Crippen LogP contribution in [0, 0.1) is 5.92 Å². The van der Waals surface area contributed by atoms with Crippen LogP contribution in [-0.4, -0.2) is 44.5 Å². The first-order valence-electron chi connectivity index (χ1n) is 7.42. The number of carbonyl (C=O) groups is 1. The third-order valence-electron chi connectivity index (χ3n) is 4.00. The molecule has 2 heterocycles. The Balaban J connectivity index is 1.93.